The monoisotopic (exact) mass is 267 g/mol. The van der Waals surface area contributed by atoms with Crippen molar-refractivity contribution in [2.75, 3.05) is 13.1 Å². The first-order valence-corrected chi connectivity index (χ1v) is 6.31. The fourth-order valence-electron chi connectivity index (χ4n) is 2.25. The van der Waals surface area contributed by atoms with Crippen molar-refractivity contribution < 1.29 is 0 Å². The molecule has 0 aromatic heterocycles. The zero-order valence-corrected chi connectivity index (χ0v) is 11.0. The Balaban J connectivity index is 1.99. The summed E-state index contributed by atoms with van der Waals surface area (Å²) in [6.07, 6.45) is 1.32. The number of hydrogen-bond acceptors (Lipinski definition) is 1. The lowest BCUT2D eigenvalue weighted by molar-refractivity contribution is 0.284. The van der Waals surface area contributed by atoms with Gasteiger partial charge in [0.1, 0.15) is 0 Å². The average Bonchev–Trinajstić information content (AvgIpc) is 2.45. The Morgan fingerprint density at radius 3 is 2.80 bits per heavy atom. The van der Waals surface area contributed by atoms with Crippen molar-refractivity contribution in [1.82, 2.24) is 4.90 Å². The van der Waals surface area contributed by atoms with Crippen LogP contribution in [0.1, 0.15) is 25.8 Å². The first-order chi connectivity index (χ1) is 7.05. The van der Waals surface area contributed by atoms with Gasteiger partial charge < -0.3 is 0 Å². The second-order valence-electron chi connectivity index (χ2n) is 5.25. The van der Waals surface area contributed by atoms with Gasteiger partial charge in [0, 0.05) is 17.6 Å². The molecule has 0 unspecified atom stereocenters. The molecule has 0 spiro atoms. The van der Waals surface area contributed by atoms with Crippen LogP contribution in [0.5, 0.6) is 0 Å². The summed E-state index contributed by atoms with van der Waals surface area (Å²) in [4.78, 5) is 2.54. The van der Waals surface area contributed by atoms with E-state index in [4.69, 9.17) is 0 Å². The van der Waals surface area contributed by atoms with Crippen LogP contribution in [0.25, 0.3) is 0 Å². The predicted octanol–water partition coefficient (Wildman–Crippen LogP) is 3.68. The summed E-state index contributed by atoms with van der Waals surface area (Å²) in [5.41, 5.74) is 1.91. The summed E-state index contributed by atoms with van der Waals surface area (Å²) < 4.78 is 1.18. The third kappa shape index (κ3) is 3.05. The van der Waals surface area contributed by atoms with E-state index in [0.29, 0.717) is 5.41 Å². The largest absolute Gasteiger partial charge is 0.299 e. The zero-order valence-electron chi connectivity index (χ0n) is 9.46. The van der Waals surface area contributed by atoms with Crippen molar-refractivity contribution in [2.24, 2.45) is 5.41 Å². The maximum absolute atomic E-state index is 3.52. The molecule has 0 N–H and O–H groups in total. The molecular formula is C13H18BrN. The highest BCUT2D eigenvalue weighted by molar-refractivity contribution is 9.10. The highest BCUT2D eigenvalue weighted by Gasteiger charge is 2.28. The van der Waals surface area contributed by atoms with Gasteiger partial charge in [-0.25, -0.2) is 0 Å². The molecule has 15 heavy (non-hydrogen) atoms. The molecule has 0 saturated carbocycles. The summed E-state index contributed by atoms with van der Waals surface area (Å²) in [7, 11) is 0. The summed E-state index contributed by atoms with van der Waals surface area (Å²) in [6.45, 7) is 8.25. The number of benzene rings is 1. The molecule has 1 aliphatic rings. The van der Waals surface area contributed by atoms with Gasteiger partial charge in [0.05, 0.1) is 0 Å². The highest BCUT2D eigenvalue weighted by Crippen LogP contribution is 2.29. The zero-order chi connectivity index (χ0) is 10.9. The molecule has 1 aromatic rings. The minimum atomic E-state index is 0.506. The van der Waals surface area contributed by atoms with E-state index >= 15 is 0 Å². The maximum Gasteiger partial charge on any atom is 0.0234 e. The summed E-state index contributed by atoms with van der Waals surface area (Å²) >= 11 is 3.52. The van der Waals surface area contributed by atoms with Crippen LogP contribution >= 0.6 is 15.9 Å². The Morgan fingerprint density at radius 1 is 1.40 bits per heavy atom. The fourth-order valence-corrected chi connectivity index (χ4v) is 2.70. The Bertz CT molecular complexity index is 346. The van der Waals surface area contributed by atoms with Crippen molar-refractivity contribution >= 4 is 15.9 Å². The third-order valence-corrected chi connectivity index (χ3v) is 3.54. The number of nitrogens with zero attached hydrogens (tertiary/aromatic N) is 1. The van der Waals surface area contributed by atoms with E-state index in [1.54, 1.807) is 0 Å². The van der Waals surface area contributed by atoms with Gasteiger partial charge in [0.2, 0.25) is 0 Å². The van der Waals surface area contributed by atoms with Crippen LogP contribution in [0.4, 0.5) is 0 Å². The molecule has 1 heterocycles. The lowest BCUT2D eigenvalue weighted by Crippen LogP contribution is -2.22. The average molecular weight is 268 g/mol. The predicted molar refractivity (Wildman–Crippen MR) is 67.8 cm³/mol. The minimum absolute atomic E-state index is 0.506. The molecule has 1 aromatic carbocycles. The topological polar surface area (TPSA) is 3.24 Å². The molecule has 0 bridgehead atoms. The van der Waals surface area contributed by atoms with Crippen LogP contribution < -0.4 is 0 Å². The van der Waals surface area contributed by atoms with Crippen LogP contribution in [-0.2, 0) is 6.54 Å². The molecule has 0 amide bonds. The van der Waals surface area contributed by atoms with E-state index in [1.165, 1.54) is 29.5 Å². The lowest BCUT2D eigenvalue weighted by atomic mass is 9.93. The Kier molecular flexibility index (Phi) is 3.17. The van der Waals surface area contributed by atoms with Crippen molar-refractivity contribution in [3.05, 3.63) is 34.3 Å². The molecule has 0 atom stereocenters. The van der Waals surface area contributed by atoms with Crippen molar-refractivity contribution in [3.63, 3.8) is 0 Å². The smallest absolute Gasteiger partial charge is 0.0234 e. The number of rotatable bonds is 2. The third-order valence-electron chi connectivity index (χ3n) is 3.05. The Morgan fingerprint density at radius 2 is 2.20 bits per heavy atom. The van der Waals surface area contributed by atoms with Crippen LogP contribution in [-0.4, -0.2) is 18.0 Å². The van der Waals surface area contributed by atoms with Gasteiger partial charge in [-0.2, -0.15) is 0 Å². The van der Waals surface area contributed by atoms with Gasteiger partial charge in [-0.1, -0.05) is 41.9 Å². The van der Waals surface area contributed by atoms with Gasteiger partial charge >= 0.3 is 0 Å². The molecule has 0 aliphatic carbocycles. The molecule has 1 saturated heterocycles. The standard InChI is InChI=1S/C13H18BrN/c1-13(2)6-7-15(10-13)9-11-4-3-5-12(14)8-11/h3-5,8H,6-7,9-10H2,1-2H3. The molecular weight excluding hydrogens is 250 g/mol. The maximum atomic E-state index is 3.52. The van der Waals surface area contributed by atoms with Crippen LogP contribution in [0.15, 0.2) is 28.7 Å². The number of halogens is 1. The second-order valence-corrected chi connectivity index (χ2v) is 6.17. The van der Waals surface area contributed by atoms with Gasteiger partial charge in [0.15, 0.2) is 0 Å². The molecule has 1 nitrogen and oxygen atoms in total. The van der Waals surface area contributed by atoms with Crippen LogP contribution in [0.3, 0.4) is 0 Å². The van der Waals surface area contributed by atoms with Gasteiger partial charge in [-0.3, -0.25) is 4.90 Å². The normalized spacial score (nSPS) is 20.7. The van der Waals surface area contributed by atoms with E-state index in [9.17, 15) is 0 Å². The van der Waals surface area contributed by atoms with E-state index in [1.807, 2.05) is 0 Å². The first kappa shape index (κ1) is 11.2. The first-order valence-electron chi connectivity index (χ1n) is 5.52. The van der Waals surface area contributed by atoms with Crippen LogP contribution in [0, 0.1) is 5.41 Å². The number of likely N-dealkylation sites (tertiary alicyclic amines) is 1. The minimum Gasteiger partial charge on any atom is -0.299 e. The summed E-state index contributed by atoms with van der Waals surface area (Å²) in [5, 5.41) is 0. The van der Waals surface area contributed by atoms with Crippen molar-refractivity contribution in [2.45, 2.75) is 26.8 Å². The van der Waals surface area contributed by atoms with Gasteiger partial charge in [-0.15, -0.1) is 0 Å². The van der Waals surface area contributed by atoms with E-state index in [-0.39, 0.29) is 0 Å². The van der Waals surface area contributed by atoms with Crippen molar-refractivity contribution in [1.29, 1.82) is 0 Å². The van der Waals surface area contributed by atoms with E-state index in [0.717, 1.165) is 6.54 Å². The van der Waals surface area contributed by atoms with Crippen LogP contribution in [0.2, 0.25) is 0 Å². The SMILES string of the molecule is CC1(C)CCN(Cc2cccc(Br)c2)C1. The molecule has 1 fully saturated rings. The van der Waals surface area contributed by atoms with Gasteiger partial charge in [0.25, 0.3) is 0 Å². The van der Waals surface area contributed by atoms with E-state index in [2.05, 4.69) is 58.9 Å². The molecule has 0 radical (unpaired) electrons. The van der Waals surface area contributed by atoms with Gasteiger partial charge in [-0.05, 0) is 36.1 Å². The number of hydrogen-bond donors (Lipinski definition) is 0. The molecule has 2 rings (SSSR count). The Hall–Kier alpha value is -0.340. The molecule has 82 valence electrons. The fraction of sp³-hybridized carbons (Fsp3) is 0.538. The summed E-state index contributed by atoms with van der Waals surface area (Å²) in [6, 6.07) is 8.61. The van der Waals surface area contributed by atoms with Crippen molar-refractivity contribution in [3.8, 4) is 0 Å². The lowest BCUT2D eigenvalue weighted by Gasteiger charge is -2.19. The molecule has 2 heteroatoms. The second kappa shape index (κ2) is 4.26. The molecule has 1 aliphatic heterocycles. The highest BCUT2D eigenvalue weighted by atomic mass is 79.9. The van der Waals surface area contributed by atoms with E-state index < -0.39 is 0 Å². The summed E-state index contributed by atoms with van der Waals surface area (Å²) in [5.74, 6) is 0. The quantitative estimate of drug-likeness (QED) is 0.790. The Labute approximate surface area is 101 Å².